The van der Waals surface area contributed by atoms with E-state index in [1.54, 1.807) is 12.1 Å². The predicted octanol–water partition coefficient (Wildman–Crippen LogP) is 3.33. The van der Waals surface area contributed by atoms with Crippen molar-refractivity contribution in [3.05, 3.63) is 59.4 Å². The van der Waals surface area contributed by atoms with Crippen LogP contribution in [0.2, 0.25) is 5.02 Å². The number of nitrogens with zero attached hydrogens (tertiary/aromatic N) is 3. The maximum absolute atomic E-state index is 12.5. The van der Waals surface area contributed by atoms with Crippen LogP contribution in [0.1, 0.15) is 16.9 Å². The zero-order valence-electron chi connectivity index (χ0n) is 13.7. The SMILES string of the molecule is O=C(Nc1cc2c(cc1Cl)OCCCO2)c1cnn(-c2ccccc2)n1. The normalized spacial score (nSPS) is 13.1. The highest BCUT2D eigenvalue weighted by molar-refractivity contribution is 6.34. The van der Waals surface area contributed by atoms with Gasteiger partial charge in [-0.25, -0.2) is 0 Å². The summed E-state index contributed by atoms with van der Waals surface area (Å²) in [6.45, 7) is 1.12. The van der Waals surface area contributed by atoms with Crippen LogP contribution in [0.25, 0.3) is 5.69 Å². The van der Waals surface area contributed by atoms with E-state index in [0.717, 1.165) is 12.1 Å². The van der Waals surface area contributed by atoms with Gasteiger partial charge in [-0.05, 0) is 12.1 Å². The molecule has 1 amide bonds. The smallest absolute Gasteiger partial charge is 0.277 e. The minimum atomic E-state index is -0.413. The van der Waals surface area contributed by atoms with Crippen LogP contribution in [0.5, 0.6) is 11.5 Å². The first-order chi connectivity index (χ1) is 12.7. The number of para-hydroxylation sites is 1. The quantitative estimate of drug-likeness (QED) is 0.765. The van der Waals surface area contributed by atoms with Gasteiger partial charge in [0, 0.05) is 18.6 Å². The van der Waals surface area contributed by atoms with Crippen molar-refractivity contribution < 1.29 is 14.3 Å². The van der Waals surface area contributed by atoms with Crippen LogP contribution in [0.4, 0.5) is 5.69 Å². The van der Waals surface area contributed by atoms with Gasteiger partial charge in [-0.2, -0.15) is 9.90 Å². The number of benzene rings is 2. The van der Waals surface area contributed by atoms with Gasteiger partial charge < -0.3 is 14.8 Å². The van der Waals surface area contributed by atoms with Crippen LogP contribution in [-0.4, -0.2) is 34.1 Å². The molecule has 0 bridgehead atoms. The third kappa shape index (κ3) is 3.34. The van der Waals surface area contributed by atoms with Gasteiger partial charge >= 0.3 is 0 Å². The minimum absolute atomic E-state index is 0.178. The Bertz CT molecular complexity index is 943. The second-order valence-corrected chi connectivity index (χ2v) is 6.05. The Morgan fingerprint density at radius 2 is 1.85 bits per heavy atom. The van der Waals surface area contributed by atoms with Crippen molar-refractivity contribution in [1.29, 1.82) is 0 Å². The minimum Gasteiger partial charge on any atom is -0.490 e. The van der Waals surface area contributed by atoms with E-state index in [9.17, 15) is 4.79 Å². The zero-order chi connectivity index (χ0) is 17.9. The summed E-state index contributed by atoms with van der Waals surface area (Å²) in [4.78, 5) is 13.9. The molecule has 2 aromatic carbocycles. The summed E-state index contributed by atoms with van der Waals surface area (Å²) in [7, 11) is 0. The average molecular weight is 371 g/mol. The van der Waals surface area contributed by atoms with E-state index >= 15 is 0 Å². The number of amides is 1. The molecule has 0 fully saturated rings. The molecule has 4 rings (SSSR count). The fraction of sp³-hybridized carbons (Fsp3) is 0.167. The largest absolute Gasteiger partial charge is 0.490 e. The molecular weight excluding hydrogens is 356 g/mol. The van der Waals surface area contributed by atoms with Crippen molar-refractivity contribution in [3.8, 4) is 17.2 Å². The average Bonchev–Trinajstić information content (AvgIpc) is 3.05. The maximum atomic E-state index is 12.5. The maximum Gasteiger partial charge on any atom is 0.277 e. The molecule has 2 heterocycles. The van der Waals surface area contributed by atoms with Gasteiger partial charge in [0.25, 0.3) is 5.91 Å². The van der Waals surface area contributed by atoms with E-state index in [4.69, 9.17) is 21.1 Å². The molecule has 0 unspecified atom stereocenters. The van der Waals surface area contributed by atoms with E-state index in [-0.39, 0.29) is 5.69 Å². The van der Waals surface area contributed by atoms with Crippen LogP contribution in [0, 0.1) is 0 Å². The van der Waals surface area contributed by atoms with E-state index < -0.39 is 5.91 Å². The first-order valence-corrected chi connectivity index (χ1v) is 8.47. The summed E-state index contributed by atoms with van der Waals surface area (Å²) >= 11 is 6.26. The Balaban J connectivity index is 1.55. The van der Waals surface area contributed by atoms with Gasteiger partial charge in [-0.3, -0.25) is 4.79 Å². The molecule has 0 saturated carbocycles. The highest BCUT2D eigenvalue weighted by Crippen LogP contribution is 2.37. The first kappa shape index (κ1) is 16.4. The third-order valence-corrected chi connectivity index (χ3v) is 4.11. The molecule has 3 aromatic rings. The topological polar surface area (TPSA) is 78.3 Å². The molecule has 0 atom stereocenters. The fourth-order valence-electron chi connectivity index (χ4n) is 2.52. The van der Waals surface area contributed by atoms with Crippen LogP contribution in [0.3, 0.4) is 0 Å². The summed E-state index contributed by atoms with van der Waals surface area (Å²) in [5.74, 6) is 0.708. The number of carbonyl (C=O) groups excluding carboxylic acids is 1. The Morgan fingerprint density at radius 3 is 2.62 bits per heavy atom. The van der Waals surface area contributed by atoms with Gasteiger partial charge in [0.2, 0.25) is 0 Å². The first-order valence-electron chi connectivity index (χ1n) is 8.09. The summed E-state index contributed by atoms with van der Waals surface area (Å²) in [6.07, 6.45) is 2.19. The lowest BCUT2D eigenvalue weighted by atomic mass is 10.2. The van der Waals surface area contributed by atoms with E-state index in [2.05, 4.69) is 15.5 Å². The lowest BCUT2D eigenvalue weighted by Gasteiger charge is -2.11. The predicted molar refractivity (Wildman–Crippen MR) is 96.4 cm³/mol. The number of nitrogens with one attached hydrogen (secondary N) is 1. The highest BCUT2D eigenvalue weighted by Gasteiger charge is 2.18. The van der Waals surface area contributed by atoms with Crippen molar-refractivity contribution in [1.82, 2.24) is 15.0 Å². The van der Waals surface area contributed by atoms with E-state index in [0.29, 0.717) is 35.4 Å². The monoisotopic (exact) mass is 370 g/mol. The lowest BCUT2D eigenvalue weighted by molar-refractivity contribution is 0.102. The number of aromatic nitrogens is 3. The Hall–Kier alpha value is -3.06. The number of rotatable bonds is 3. The molecule has 0 aliphatic carbocycles. The van der Waals surface area contributed by atoms with Crippen molar-refractivity contribution in [2.45, 2.75) is 6.42 Å². The number of hydrogen-bond donors (Lipinski definition) is 1. The van der Waals surface area contributed by atoms with Gasteiger partial charge in [-0.15, -0.1) is 5.10 Å². The van der Waals surface area contributed by atoms with Gasteiger partial charge in [0.05, 0.1) is 35.8 Å². The van der Waals surface area contributed by atoms with Crippen LogP contribution < -0.4 is 14.8 Å². The summed E-state index contributed by atoms with van der Waals surface area (Å²) < 4.78 is 11.2. The Labute approximate surface area is 154 Å². The molecule has 26 heavy (non-hydrogen) atoms. The van der Waals surface area contributed by atoms with Crippen LogP contribution in [0.15, 0.2) is 48.7 Å². The van der Waals surface area contributed by atoms with Gasteiger partial charge in [0.1, 0.15) is 0 Å². The second-order valence-electron chi connectivity index (χ2n) is 5.64. The number of halogens is 1. The fourth-order valence-corrected chi connectivity index (χ4v) is 2.72. The molecule has 7 nitrogen and oxygen atoms in total. The molecule has 0 radical (unpaired) electrons. The molecule has 8 heteroatoms. The number of anilines is 1. The Kier molecular flexibility index (Phi) is 4.45. The molecule has 1 aliphatic heterocycles. The van der Waals surface area contributed by atoms with Crippen molar-refractivity contribution in [3.63, 3.8) is 0 Å². The molecule has 1 aliphatic rings. The van der Waals surface area contributed by atoms with Gasteiger partial charge in [-0.1, -0.05) is 29.8 Å². The Morgan fingerprint density at radius 1 is 1.12 bits per heavy atom. The second kappa shape index (κ2) is 7.05. The van der Waals surface area contributed by atoms with Crippen molar-refractivity contribution in [2.24, 2.45) is 0 Å². The third-order valence-electron chi connectivity index (χ3n) is 3.80. The van der Waals surface area contributed by atoms with Crippen LogP contribution in [-0.2, 0) is 0 Å². The number of hydrogen-bond acceptors (Lipinski definition) is 5. The lowest BCUT2D eigenvalue weighted by Crippen LogP contribution is -2.13. The molecule has 1 N–H and O–H groups in total. The number of ether oxygens (including phenoxy) is 2. The van der Waals surface area contributed by atoms with Crippen molar-refractivity contribution >= 4 is 23.2 Å². The molecule has 132 valence electrons. The van der Waals surface area contributed by atoms with Gasteiger partial charge in [0.15, 0.2) is 17.2 Å². The summed E-state index contributed by atoms with van der Waals surface area (Å²) in [5.41, 5.74) is 1.37. The van der Waals surface area contributed by atoms with Crippen molar-refractivity contribution in [2.75, 3.05) is 18.5 Å². The van der Waals surface area contributed by atoms with E-state index in [1.165, 1.54) is 11.0 Å². The molecule has 0 saturated heterocycles. The highest BCUT2D eigenvalue weighted by atomic mass is 35.5. The zero-order valence-corrected chi connectivity index (χ0v) is 14.4. The standard InChI is InChI=1S/C18H15ClN4O3/c19-13-9-16-17(26-8-4-7-25-16)10-14(13)21-18(24)15-11-20-23(22-15)12-5-2-1-3-6-12/h1-3,5-6,9-11H,4,7-8H2,(H,21,24). The summed E-state index contributed by atoms with van der Waals surface area (Å²) in [5, 5.41) is 11.4. The molecular formula is C18H15ClN4O3. The number of fused-ring (bicyclic) bond motifs is 1. The summed E-state index contributed by atoms with van der Waals surface area (Å²) in [6, 6.07) is 12.6. The molecule has 1 aromatic heterocycles. The van der Waals surface area contributed by atoms with E-state index in [1.807, 2.05) is 30.3 Å². The van der Waals surface area contributed by atoms with Crippen LogP contribution >= 0.6 is 11.6 Å². The number of carbonyl (C=O) groups is 1. The molecule has 0 spiro atoms.